The van der Waals surface area contributed by atoms with Gasteiger partial charge in [0.15, 0.2) is 0 Å². The minimum Gasteiger partial charge on any atom is -0.378 e. The number of carbonyl (C=O) groups excluding carboxylic acids is 1. The third kappa shape index (κ3) is 3.99. The second-order valence-electron chi connectivity index (χ2n) is 6.15. The summed E-state index contributed by atoms with van der Waals surface area (Å²) in [6.07, 6.45) is 0.714. The van der Waals surface area contributed by atoms with Crippen LogP contribution in [0.25, 0.3) is 4.96 Å². The Kier molecular flexibility index (Phi) is 5.12. The SMILES string of the molecule is O=C(NCCc1ccccc1)c1cc(=O)nc2sc(N3CCOCC3)nn12. The highest BCUT2D eigenvalue weighted by Gasteiger charge is 2.20. The van der Waals surface area contributed by atoms with Gasteiger partial charge in [0.05, 0.1) is 13.2 Å². The molecule has 140 valence electrons. The number of amides is 1. The Morgan fingerprint density at radius 3 is 2.78 bits per heavy atom. The summed E-state index contributed by atoms with van der Waals surface area (Å²) in [7, 11) is 0. The van der Waals surface area contributed by atoms with Crippen molar-refractivity contribution >= 4 is 27.3 Å². The molecule has 3 heterocycles. The van der Waals surface area contributed by atoms with Crippen LogP contribution in [0.3, 0.4) is 0 Å². The van der Waals surface area contributed by atoms with Crippen molar-refractivity contribution in [1.29, 1.82) is 0 Å². The molecule has 0 bridgehead atoms. The average Bonchev–Trinajstić information content (AvgIpc) is 3.12. The number of anilines is 1. The van der Waals surface area contributed by atoms with Crippen molar-refractivity contribution in [3.8, 4) is 0 Å². The van der Waals surface area contributed by atoms with Gasteiger partial charge in [0, 0.05) is 25.7 Å². The van der Waals surface area contributed by atoms with Gasteiger partial charge in [0.25, 0.3) is 11.5 Å². The molecule has 3 aromatic rings. The highest BCUT2D eigenvalue weighted by atomic mass is 32.1. The van der Waals surface area contributed by atoms with E-state index in [9.17, 15) is 9.59 Å². The molecule has 1 N–H and O–H groups in total. The zero-order valence-electron chi connectivity index (χ0n) is 14.6. The third-order valence-electron chi connectivity index (χ3n) is 4.30. The Hall–Kier alpha value is -2.78. The molecule has 0 aliphatic carbocycles. The van der Waals surface area contributed by atoms with Crippen LogP contribution in [0.4, 0.5) is 5.13 Å². The number of ether oxygens (including phenoxy) is 1. The lowest BCUT2D eigenvalue weighted by Crippen LogP contribution is -2.36. The lowest BCUT2D eigenvalue weighted by Gasteiger charge is -2.25. The van der Waals surface area contributed by atoms with Gasteiger partial charge in [0.2, 0.25) is 10.1 Å². The molecule has 9 heteroatoms. The minimum absolute atomic E-state index is 0.203. The molecule has 1 saturated heterocycles. The number of morpholine rings is 1. The third-order valence-corrected chi connectivity index (χ3v) is 5.27. The first-order valence-electron chi connectivity index (χ1n) is 8.76. The summed E-state index contributed by atoms with van der Waals surface area (Å²) in [4.78, 5) is 31.0. The van der Waals surface area contributed by atoms with E-state index >= 15 is 0 Å². The molecule has 0 saturated carbocycles. The maximum Gasteiger partial charge on any atom is 0.274 e. The lowest BCUT2D eigenvalue weighted by molar-refractivity contribution is 0.0946. The van der Waals surface area contributed by atoms with Crippen molar-refractivity contribution in [2.45, 2.75) is 6.42 Å². The summed E-state index contributed by atoms with van der Waals surface area (Å²) in [5.74, 6) is -0.334. The Bertz CT molecular complexity index is 995. The maximum atomic E-state index is 12.6. The topological polar surface area (TPSA) is 88.8 Å². The van der Waals surface area contributed by atoms with Crippen molar-refractivity contribution in [2.75, 3.05) is 37.7 Å². The van der Waals surface area contributed by atoms with Gasteiger partial charge >= 0.3 is 0 Å². The monoisotopic (exact) mass is 385 g/mol. The molecule has 2 aromatic heterocycles. The number of nitrogens with one attached hydrogen (secondary N) is 1. The summed E-state index contributed by atoms with van der Waals surface area (Å²) < 4.78 is 6.81. The smallest absolute Gasteiger partial charge is 0.274 e. The molecule has 8 nitrogen and oxygen atoms in total. The van der Waals surface area contributed by atoms with Crippen LogP contribution in [0.2, 0.25) is 0 Å². The Balaban J connectivity index is 1.53. The van der Waals surface area contributed by atoms with Gasteiger partial charge in [0.1, 0.15) is 5.69 Å². The Labute approximate surface area is 159 Å². The summed E-state index contributed by atoms with van der Waals surface area (Å²) in [5, 5.41) is 8.10. The van der Waals surface area contributed by atoms with Gasteiger partial charge in [-0.15, -0.1) is 5.10 Å². The Morgan fingerprint density at radius 2 is 2.00 bits per heavy atom. The molecule has 0 radical (unpaired) electrons. The van der Waals surface area contributed by atoms with Crippen LogP contribution in [-0.4, -0.2) is 53.4 Å². The fourth-order valence-electron chi connectivity index (χ4n) is 2.91. The van der Waals surface area contributed by atoms with E-state index in [-0.39, 0.29) is 11.6 Å². The van der Waals surface area contributed by atoms with E-state index in [4.69, 9.17) is 4.74 Å². The fraction of sp³-hybridized carbons (Fsp3) is 0.333. The van der Waals surface area contributed by atoms with Crippen LogP contribution in [0.1, 0.15) is 16.1 Å². The van der Waals surface area contributed by atoms with Crippen LogP contribution >= 0.6 is 11.3 Å². The first-order chi connectivity index (χ1) is 13.2. The molecule has 0 atom stereocenters. The van der Waals surface area contributed by atoms with Crippen LogP contribution in [0.15, 0.2) is 41.2 Å². The van der Waals surface area contributed by atoms with E-state index in [1.165, 1.54) is 21.9 Å². The Morgan fingerprint density at radius 1 is 1.22 bits per heavy atom. The van der Waals surface area contributed by atoms with E-state index in [1.807, 2.05) is 30.3 Å². The largest absolute Gasteiger partial charge is 0.378 e. The van der Waals surface area contributed by atoms with Gasteiger partial charge in [-0.1, -0.05) is 41.7 Å². The molecular formula is C18H19N5O3S. The predicted molar refractivity (Wildman–Crippen MR) is 103 cm³/mol. The quantitative estimate of drug-likeness (QED) is 0.704. The van der Waals surface area contributed by atoms with E-state index in [2.05, 4.69) is 20.3 Å². The van der Waals surface area contributed by atoms with Crippen LogP contribution in [-0.2, 0) is 11.2 Å². The second kappa shape index (κ2) is 7.85. The van der Waals surface area contributed by atoms with Crippen molar-refractivity contribution in [1.82, 2.24) is 19.9 Å². The van der Waals surface area contributed by atoms with Crippen LogP contribution < -0.4 is 15.8 Å². The predicted octanol–water partition coefficient (Wildman–Crippen LogP) is 0.960. The first kappa shape index (κ1) is 17.6. The number of rotatable bonds is 5. The number of aromatic nitrogens is 3. The van der Waals surface area contributed by atoms with E-state index in [0.717, 1.165) is 23.8 Å². The number of carbonyl (C=O) groups is 1. The zero-order valence-corrected chi connectivity index (χ0v) is 15.4. The minimum atomic E-state index is -0.444. The molecule has 1 fully saturated rings. The number of nitrogens with zero attached hydrogens (tertiary/aromatic N) is 4. The number of benzene rings is 1. The lowest BCUT2D eigenvalue weighted by atomic mass is 10.1. The zero-order chi connectivity index (χ0) is 18.6. The summed E-state index contributed by atoms with van der Waals surface area (Å²) in [6, 6.07) is 11.1. The molecule has 1 aliphatic rings. The van der Waals surface area contributed by atoms with Gasteiger partial charge in [-0.3, -0.25) is 9.59 Å². The van der Waals surface area contributed by atoms with Crippen LogP contribution in [0.5, 0.6) is 0 Å². The standard InChI is InChI=1S/C18H19N5O3S/c24-15-12-14(16(25)19-7-6-13-4-2-1-3-5-13)23-17(20-15)27-18(21-23)22-8-10-26-11-9-22/h1-5,12H,6-11H2,(H,19,25). The van der Waals surface area contributed by atoms with Gasteiger partial charge in [-0.05, 0) is 12.0 Å². The molecular weight excluding hydrogens is 366 g/mol. The summed E-state index contributed by atoms with van der Waals surface area (Å²) in [5.41, 5.74) is 0.896. The van der Waals surface area contributed by atoms with Crippen molar-refractivity contribution in [3.63, 3.8) is 0 Å². The van der Waals surface area contributed by atoms with Gasteiger partial charge < -0.3 is 15.0 Å². The summed E-state index contributed by atoms with van der Waals surface area (Å²) >= 11 is 1.30. The van der Waals surface area contributed by atoms with Crippen molar-refractivity contribution in [2.24, 2.45) is 0 Å². The number of hydrogen-bond acceptors (Lipinski definition) is 7. The molecule has 0 unspecified atom stereocenters. The van der Waals surface area contributed by atoms with Crippen molar-refractivity contribution < 1.29 is 9.53 Å². The summed E-state index contributed by atoms with van der Waals surface area (Å²) in [6.45, 7) is 3.19. The first-order valence-corrected chi connectivity index (χ1v) is 9.58. The molecule has 4 rings (SSSR count). The highest BCUT2D eigenvalue weighted by molar-refractivity contribution is 7.20. The number of hydrogen-bond donors (Lipinski definition) is 1. The van der Waals surface area contributed by atoms with Crippen LogP contribution in [0, 0.1) is 0 Å². The number of fused-ring (bicyclic) bond motifs is 1. The average molecular weight is 385 g/mol. The van der Waals surface area contributed by atoms with Gasteiger partial charge in [-0.25, -0.2) is 0 Å². The van der Waals surface area contributed by atoms with E-state index in [1.54, 1.807) is 0 Å². The molecule has 1 aromatic carbocycles. The normalized spacial score (nSPS) is 14.4. The maximum absolute atomic E-state index is 12.6. The molecule has 1 aliphatic heterocycles. The van der Waals surface area contributed by atoms with Crippen molar-refractivity contribution in [3.05, 3.63) is 58.0 Å². The fourth-order valence-corrected chi connectivity index (χ4v) is 3.86. The molecule has 27 heavy (non-hydrogen) atoms. The second-order valence-corrected chi connectivity index (χ2v) is 7.08. The highest BCUT2D eigenvalue weighted by Crippen LogP contribution is 2.23. The van der Waals surface area contributed by atoms with E-state index in [0.29, 0.717) is 31.1 Å². The van der Waals surface area contributed by atoms with E-state index < -0.39 is 5.56 Å². The van der Waals surface area contributed by atoms with Gasteiger partial charge in [-0.2, -0.15) is 9.50 Å². The molecule has 1 amide bonds. The molecule has 0 spiro atoms.